The smallest absolute Gasteiger partial charge is 0.225 e. The number of aromatic nitrogens is 2. The third-order valence-electron chi connectivity index (χ3n) is 2.53. The summed E-state index contributed by atoms with van der Waals surface area (Å²) in [6.45, 7) is 1.60. The van der Waals surface area contributed by atoms with Gasteiger partial charge in [0.15, 0.2) is 11.4 Å². The third-order valence-corrected chi connectivity index (χ3v) is 4.36. The van der Waals surface area contributed by atoms with E-state index in [4.69, 9.17) is 0 Å². The highest BCUT2D eigenvalue weighted by Crippen LogP contribution is 2.34. The highest BCUT2D eigenvalue weighted by Gasteiger charge is 2.35. The van der Waals surface area contributed by atoms with Crippen LogP contribution in [0.25, 0.3) is 0 Å². The van der Waals surface area contributed by atoms with E-state index in [0.717, 1.165) is 23.1 Å². The summed E-state index contributed by atoms with van der Waals surface area (Å²) >= 11 is 2.00. The van der Waals surface area contributed by atoms with Crippen molar-refractivity contribution in [1.29, 1.82) is 0 Å². The lowest BCUT2D eigenvalue weighted by molar-refractivity contribution is 0.0977. The van der Waals surface area contributed by atoms with Crippen molar-refractivity contribution in [2.75, 3.05) is 0 Å². The summed E-state index contributed by atoms with van der Waals surface area (Å²) in [6, 6.07) is 1.56. The van der Waals surface area contributed by atoms with E-state index in [1.807, 2.05) is 0 Å². The standard InChI is InChI=1S/C10H6N2O3S2/c1-3(13)5-2-4-8(14)6-7(12-17-11-6)9(15)10(4)16-5/h2-3,13H,1H3. The molecule has 0 fully saturated rings. The van der Waals surface area contributed by atoms with E-state index < -0.39 is 6.10 Å². The van der Waals surface area contributed by atoms with Crippen molar-refractivity contribution in [2.45, 2.75) is 13.0 Å². The van der Waals surface area contributed by atoms with E-state index >= 15 is 0 Å². The minimum absolute atomic E-state index is 0.127. The molecule has 2 heterocycles. The van der Waals surface area contributed by atoms with Crippen LogP contribution in [0.1, 0.15) is 49.3 Å². The molecule has 1 N–H and O–H groups in total. The number of fused-ring (bicyclic) bond motifs is 2. The average Bonchev–Trinajstić information content (AvgIpc) is 2.92. The summed E-state index contributed by atoms with van der Waals surface area (Å²) in [4.78, 5) is 25.0. The van der Waals surface area contributed by atoms with Crippen LogP contribution in [-0.2, 0) is 0 Å². The topological polar surface area (TPSA) is 80.2 Å². The molecular formula is C10H6N2O3S2. The van der Waals surface area contributed by atoms with Gasteiger partial charge in [-0.25, -0.2) is 0 Å². The predicted octanol–water partition coefficient (Wildman–Crippen LogP) is 1.43. The van der Waals surface area contributed by atoms with Crippen LogP contribution < -0.4 is 0 Å². The number of aliphatic hydroxyl groups is 1. The Morgan fingerprint density at radius 3 is 2.53 bits per heavy atom. The summed E-state index contributed by atoms with van der Waals surface area (Å²) in [6.07, 6.45) is -0.690. The van der Waals surface area contributed by atoms with Crippen LogP contribution in [0.5, 0.6) is 0 Å². The highest BCUT2D eigenvalue weighted by molar-refractivity contribution is 7.15. The third kappa shape index (κ3) is 1.40. The van der Waals surface area contributed by atoms with Crippen LogP contribution in [0.2, 0.25) is 0 Å². The molecule has 0 saturated heterocycles. The molecule has 1 aliphatic rings. The number of rotatable bonds is 1. The molecule has 2 aromatic rings. The van der Waals surface area contributed by atoms with Crippen molar-refractivity contribution in [3.63, 3.8) is 0 Å². The van der Waals surface area contributed by atoms with Gasteiger partial charge in [-0.05, 0) is 13.0 Å². The summed E-state index contributed by atoms with van der Waals surface area (Å²) in [5, 5.41) is 9.47. The predicted molar refractivity (Wildman–Crippen MR) is 61.7 cm³/mol. The van der Waals surface area contributed by atoms with E-state index in [0.29, 0.717) is 15.3 Å². The molecule has 1 unspecified atom stereocenters. The Kier molecular flexibility index (Phi) is 2.22. The van der Waals surface area contributed by atoms with E-state index in [1.54, 1.807) is 13.0 Å². The minimum atomic E-state index is -0.690. The van der Waals surface area contributed by atoms with Gasteiger partial charge in [0.25, 0.3) is 0 Å². The Balaban J connectivity index is 2.23. The Labute approximate surface area is 104 Å². The maximum atomic E-state index is 12.0. The van der Waals surface area contributed by atoms with Crippen LogP contribution in [0.4, 0.5) is 0 Å². The maximum absolute atomic E-state index is 12.0. The zero-order chi connectivity index (χ0) is 12.2. The van der Waals surface area contributed by atoms with Crippen molar-refractivity contribution in [3.8, 4) is 0 Å². The molecule has 3 rings (SSSR count). The Morgan fingerprint density at radius 1 is 1.24 bits per heavy atom. The molecule has 0 aliphatic heterocycles. The summed E-state index contributed by atoms with van der Waals surface area (Å²) < 4.78 is 7.69. The van der Waals surface area contributed by atoms with E-state index in [-0.39, 0.29) is 23.0 Å². The summed E-state index contributed by atoms with van der Waals surface area (Å²) in [5.41, 5.74) is 0.588. The van der Waals surface area contributed by atoms with Crippen LogP contribution in [0.15, 0.2) is 6.07 Å². The zero-order valence-electron chi connectivity index (χ0n) is 8.63. The first-order valence-electron chi connectivity index (χ1n) is 4.83. The second-order valence-corrected chi connectivity index (χ2v) is 5.30. The molecule has 0 spiro atoms. The number of nitrogens with zero attached hydrogens (tertiary/aromatic N) is 2. The van der Waals surface area contributed by atoms with Gasteiger partial charge >= 0.3 is 0 Å². The second-order valence-electron chi connectivity index (χ2n) is 3.69. The van der Waals surface area contributed by atoms with Crippen LogP contribution in [0.3, 0.4) is 0 Å². The van der Waals surface area contributed by atoms with Crippen LogP contribution in [-0.4, -0.2) is 25.4 Å². The first-order chi connectivity index (χ1) is 8.09. The molecule has 0 saturated carbocycles. The largest absolute Gasteiger partial charge is 0.388 e. The van der Waals surface area contributed by atoms with Gasteiger partial charge in [-0.3, -0.25) is 9.59 Å². The number of aliphatic hydroxyl groups excluding tert-OH is 1. The average molecular weight is 266 g/mol. The number of hydrogen-bond donors (Lipinski definition) is 1. The molecule has 7 heteroatoms. The fourth-order valence-corrected chi connectivity index (χ4v) is 3.25. The van der Waals surface area contributed by atoms with Gasteiger partial charge in [-0.2, -0.15) is 8.75 Å². The molecular weight excluding hydrogens is 260 g/mol. The van der Waals surface area contributed by atoms with Gasteiger partial charge in [0.2, 0.25) is 11.6 Å². The minimum Gasteiger partial charge on any atom is -0.388 e. The normalized spacial score (nSPS) is 15.6. The Morgan fingerprint density at radius 2 is 1.88 bits per heavy atom. The number of ketones is 2. The number of hydrogen-bond acceptors (Lipinski definition) is 7. The number of carbonyl (C=O) groups excluding carboxylic acids is 2. The van der Waals surface area contributed by atoms with Gasteiger partial charge in [-0.1, -0.05) is 0 Å². The van der Waals surface area contributed by atoms with Crippen molar-refractivity contribution in [1.82, 2.24) is 8.75 Å². The molecule has 1 atom stereocenters. The van der Waals surface area contributed by atoms with E-state index in [1.165, 1.54) is 0 Å². The molecule has 0 amide bonds. The molecule has 0 aromatic carbocycles. The van der Waals surface area contributed by atoms with Crippen molar-refractivity contribution in [2.24, 2.45) is 0 Å². The molecule has 17 heavy (non-hydrogen) atoms. The monoisotopic (exact) mass is 266 g/mol. The number of thiophene rings is 1. The van der Waals surface area contributed by atoms with Crippen molar-refractivity contribution in [3.05, 3.63) is 32.8 Å². The Hall–Kier alpha value is -1.44. The maximum Gasteiger partial charge on any atom is 0.225 e. The van der Waals surface area contributed by atoms with Crippen molar-refractivity contribution < 1.29 is 14.7 Å². The SMILES string of the molecule is CC(O)c1cc2c(s1)C(=O)c1nsnc1C2=O. The first kappa shape index (κ1) is 10.7. The quantitative estimate of drug-likeness (QED) is 0.720. The van der Waals surface area contributed by atoms with Crippen molar-refractivity contribution >= 4 is 34.6 Å². The first-order valence-corrected chi connectivity index (χ1v) is 6.38. The fraction of sp³-hybridized carbons (Fsp3) is 0.200. The lowest BCUT2D eigenvalue weighted by Crippen LogP contribution is -2.18. The van der Waals surface area contributed by atoms with Gasteiger partial charge in [-0.15, -0.1) is 11.3 Å². The molecule has 0 radical (unpaired) electrons. The van der Waals surface area contributed by atoms with Crippen LogP contribution in [0, 0.1) is 0 Å². The molecule has 5 nitrogen and oxygen atoms in total. The lowest BCUT2D eigenvalue weighted by atomic mass is 9.97. The summed E-state index contributed by atoms with van der Waals surface area (Å²) in [7, 11) is 0. The molecule has 1 aliphatic carbocycles. The second kappa shape index (κ2) is 3.52. The van der Waals surface area contributed by atoms with Gasteiger partial charge in [0.1, 0.15) is 0 Å². The van der Waals surface area contributed by atoms with E-state index in [9.17, 15) is 14.7 Å². The highest BCUT2D eigenvalue weighted by atomic mass is 32.1. The van der Waals surface area contributed by atoms with E-state index in [2.05, 4.69) is 8.75 Å². The molecule has 2 aromatic heterocycles. The van der Waals surface area contributed by atoms with Gasteiger partial charge < -0.3 is 5.11 Å². The zero-order valence-corrected chi connectivity index (χ0v) is 10.3. The van der Waals surface area contributed by atoms with Crippen LogP contribution >= 0.6 is 23.1 Å². The number of carbonyl (C=O) groups is 2. The molecule has 86 valence electrons. The summed E-state index contributed by atoms with van der Waals surface area (Å²) in [5.74, 6) is -0.563. The Bertz CT molecular complexity index is 594. The fourth-order valence-electron chi connectivity index (χ4n) is 1.67. The van der Waals surface area contributed by atoms with Gasteiger partial charge in [0.05, 0.1) is 22.7 Å². The lowest BCUT2D eigenvalue weighted by Gasteiger charge is -2.05. The van der Waals surface area contributed by atoms with Gasteiger partial charge in [0, 0.05) is 10.4 Å². The molecule has 0 bridgehead atoms.